The van der Waals surface area contributed by atoms with Crippen LogP contribution < -0.4 is 4.74 Å². The quantitative estimate of drug-likeness (QED) is 0.408. The van der Waals surface area contributed by atoms with Crippen molar-refractivity contribution in [2.75, 3.05) is 26.9 Å². The molecule has 0 aliphatic carbocycles. The van der Waals surface area contributed by atoms with Gasteiger partial charge < -0.3 is 14.2 Å². The van der Waals surface area contributed by atoms with E-state index in [0.29, 0.717) is 24.5 Å². The number of ketones is 1. The number of esters is 1. The summed E-state index contributed by atoms with van der Waals surface area (Å²) >= 11 is 0. The number of benzene rings is 1. The van der Waals surface area contributed by atoms with Crippen molar-refractivity contribution in [3.05, 3.63) is 29.8 Å². The van der Waals surface area contributed by atoms with E-state index in [1.165, 1.54) is 6.92 Å². The zero-order valence-corrected chi connectivity index (χ0v) is 11.2. The molecule has 0 fully saturated rings. The highest BCUT2D eigenvalue weighted by Gasteiger charge is 2.07. The van der Waals surface area contributed by atoms with Gasteiger partial charge in [0, 0.05) is 32.6 Å². The lowest BCUT2D eigenvalue weighted by atomic mass is 10.1. The van der Waals surface area contributed by atoms with E-state index in [4.69, 9.17) is 9.47 Å². The van der Waals surface area contributed by atoms with Gasteiger partial charge in [0.1, 0.15) is 5.75 Å². The van der Waals surface area contributed by atoms with Gasteiger partial charge in [-0.1, -0.05) is 0 Å². The molecule has 0 N–H and O–H groups in total. The molecule has 0 aromatic heterocycles. The molecule has 0 aliphatic rings. The summed E-state index contributed by atoms with van der Waals surface area (Å²) in [6.07, 6.45) is 0.809. The minimum atomic E-state index is -0.466. The summed E-state index contributed by atoms with van der Waals surface area (Å²) in [7, 11) is 1.64. The maximum Gasteiger partial charge on any atom is 0.303 e. The molecule has 0 spiro atoms. The Bertz CT molecular complexity index is 410. The van der Waals surface area contributed by atoms with Gasteiger partial charge in [-0.3, -0.25) is 9.59 Å². The van der Waals surface area contributed by atoms with Crippen LogP contribution >= 0.6 is 0 Å². The summed E-state index contributed by atoms with van der Waals surface area (Å²) in [6, 6.07) is 6.73. The Morgan fingerprint density at radius 2 is 1.79 bits per heavy atom. The molecular formula is C14H18O5. The van der Waals surface area contributed by atoms with E-state index in [1.807, 2.05) is 0 Å². The van der Waals surface area contributed by atoms with Crippen LogP contribution in [-0.2, 0) is 14.3 Å². The normalized spacial score (nSPS) is 10.0. The fourth-order valence-corrected chi connectivity index (χ4v) is 1.38. The third-order valence-electron chi connectivity index (χ3n) is 2.34. The lowest BCUT2D eigenvalue weighted by Gasteiger charge is -2.06. The van der Waals surface area contributed by atoms with E-state index in [2.05, 4.69) is 4.74 Å². The van der Waals surface area contributed by atoms with Crippen LogP contribution in [0.15, 0.2) is 24.3 Å². The van der Waals surface area contributed by atoms with Crippen molar-refractivity contribution < 1.29 is 23.8 Å². The maximum atomic E-state index is 11.6. The third kappa shape index (κ3) is 6.01. The van der Waals surface area contributed by atoms with Crippen molar-refractivity contribution in [2.24, 2.45) is 0 Å². The molecule has 0 unspecified atom stereocenters. The number of rotatable bonds is 8. The molecule has 1 aromatic rings. The van der Waals surface area contributed by atoms with E-state index in [1.54, 1.807) is 31.4 Å². The van der Waals surface area contributed by atoms with Gasteiger partial charge in [0.05, 0.1) is 6.61 Å². The molecule has 1 aromatic carbocycles. The summed E-state index contributed by atoms with van der Waals surface area (Å²) in [5.41, 5.74) is 0.491. The van der Waals surface area contributed by atoms with E-state index in [9.17, 15) is 9.59 Å². The first-order valence-corrected chi connectivity index (χ1v) is 6.02. The Labute approximate surface area is 112 Å². The Balaban J connectivity index is 2.42. The van der Waals surface area contributed by atoms with Crippen molar-refractivity contribution in [1.29, 1.82) is 0 Å². The molecule has 0 saturated carbocycles. The Morgan fingerprint density at radius 3 is 2.37 bits per heavy atom. The minimum absolute atomic E-state index is 0.233. The topological polar surface area (TPSA) is 61.8 Å². The number of hydrogen-bond donors (Lipinski definition) is 0. The van der Waals surface area contributed by atoms with Gasteiger partial charge in [-0.25, -0.2) is 0 Å². The number of ether oxygens (including phenoxy) is 3. The molecule has 0 bridgehead atoms. The molecule has 0 radical (unpaired) electrons. The van der Waals surface area contributed by atoms with Crippen molar-refractivity contribution in [1.82, 2.24) is 0 Å². The lowest BCUT2D eigenvalue weighted by Crippen LogP contribution is -2.11. The summed E-state index contributed by atoms with van der Waals surface area (Å²) in [4.78, 5) is 22.2. The largest absolute Gasteiger partial charge is 0.494 e. The summed E-state index contributed by atoms with van der Waals surface area (Å²) in [5.74, 6) is -0.00674. The number of carbonyl (C=O) groups excluding carboxylic acids is 2. The van der Waals surface area contributed by atoms with Crippen molar-refractivity contribution >= 4 is 11.8 Å². The zero-order chi connectivity index (χ0) is 14.1. The van der Waals surface area contributed by atoms with Gasteiger partial charge in [-0.2, -0.15) is 0 Å². The molecule has 5 heteroatoms. The third-order valence-corrected chi connectivity index (χ3v) is 2.34. The van der Waals surface area contributed by atoms with E-state index < -0.39 is 5.97 Å². The number of Topliss-reactive ketones (excluding diaryl/α,β-unsaturated/α-hetero) is 1. The SMILES string of the molecule is COCCCOc1ccc(C(=O)COC(C)=O)cc1. The van der Waals surface area contributed by atoms with Crippen LogP contribution in [-0.4, -0.2) is 38.7 Å². The van der Waals surface area contributed by atoms with Gasteiger partial charge in [-0.05, 0) is 24.3 Å². The average Bonchev–Trinajstić information content (AvgIpc) is 2.41. The van der Waals surface area contributed by atoms with Crippen LogP contribution in [0.5, 0.6) is 5.75 Å². The van der Waals surface area contributed by atoms with Crippen LogP contribution in [0.3, 0.4) is 0 Å². The molecule has 0 saturated heterocycles. The van der Waals surface area contributed by atoms with Crippen LogP contribution in [0, 0.1) is 0 Å². The Morgan fingerprint density at radius 1 is 1.11 bits per heavy atom. The number of carbonyl (C=O) groups is 2. The first kappa shape index (κ1) is 15.2. The molecule has 0 amide bonds. The van der Waals surface area contributed by atoms with Gasteiger partial charge >= 0.3 is 5.97 Å². The summed E-state index contributed by atoms with van der Waals surface area (Å²) in [5, 5.41) is 0. The van der Waals surface area contributed by atoms with Crippen LogP contribution in [0.25, 0.3) is 0 Å². The average molecular weight is 266 g/mol. The monoisotopic (exact) mass is 266 g/mol. The first-order valence-electron chi connectivity index (χ1n) is 6.02. The second kappa shape index (κ2) is 8.26. The van der Waals surface area contributed by atoms with Gasteiger partial charge in [-0.15, -0.1) is 0 Å². The number of hydrogen-bond acceptors (Lipinski definition) is 5. The standard InChI is InChI=1S/C14H18O5/c1-11(15)19-10-14(16)12-4-6-13(7-5-12)18-9-3-8-17-2/h4-7H,3,8-10H2,1-2H3. The zero-order valence-electron chi connectivity index (χ0n) is 11.2. The van der Waals surface area contributed by atoms with Gasteiger partial charge in [0.25, 0.3) is 0 Å². The molecular weight excluding hydrogens is 248 g/mol. The van der Waals surface area contributed by atoms with E-state index in [0.717, 1.165) is 6.42 Å². The summed E-state index contributed by atoms with van der Waals surface area (Å²) < 4.78 is 15.0. The highest BCUT2D eigenvalue weighted by molar-refractivity contribution is 5.97. The fraction of sp³-hybridized carbons (Fsp3) is 0.429. The smallest absolute Gasteiger partial charge is 0.303 e. The van der Waals surface area contributed by atoms with Crippen molar-refractivity contribution in [3.8, 4) is 5.75 Å². The molecule has 104 valence electrons. The molecule has 0 aliphatic heterocycles. The predicted octanol–water partition coefficient (Wildman–Crippen LogP) is 1.85. The van der Waals surface area contributed by atoms with Gasteiger partial charge in [0.2, 0.25) is 0 Å². The Kier molecular flexibility index (Phi) is 6.60. The highest BCUT2D eigenvalue weighted by Crippen LogP contribution is 2.13. The number of methoxy groups -OCH3 is 1. The van der Waals surface area contributed by atoms with Crippen LogP contribution in [0.1, 0.15) is 23.7 Å². The minimum Gasteiger partial charge on any atom is -0.494 e. The second-order valence-electron chi connectivity index (χ2n) is 3.92. The van der Waals surface area contributed by atoms with Gasteiger partial charge in [0.15, 0.2) is 12.4 Å². The molecule has 5 nitrogen and oxygen atoms in total. The molecule has 0 heterocycles. The van der Waals surface area contributed by atoms with E-state index in [-0.39, 0.29) is 12.4 Å². The molecule has 0 atom stereocenters. The first-order chi connectivity index (χ1) is 9.13. The lowest BCUT2D eigenvalue weighted by molar-refractivity contribution is -0.139. The maximum absolute atomic E-state index is 11.6. The molecule has 19 heavy (non-hydrogen) atoms. The van der Waals surface area contributed by atoms with Crippen LogP contribution in [0.2, 0.25) is 0 Å². The van der Waals surface area contributed by atoms with Crippen molar-refractivity contribution in [2.45, 2.75) is 13.3 Å². The molecule has 1 rings (SSSR count). The highest BCUT2D eigenvalue weighted by atomic mass is 16.5. The second-order valence-corrected chi connectivity index (χ2v) is 3.92. The van der Waals surface area contributed by atoms with E-state index >= 15 is 0 Å². The van der Waals surface area contributed by atoms with Crippen molar-refractivity contribution in [3.63, 3.8) is 0 Å². The Hall–Kier alpha value is -1.88. The fourth-order valence-electron chi connectivity index (χ4n) is 1.38. The summed E-state index contributed by atoms with van der Waals surface area (Å²) in [6.45, 7) is 2.25. The predicted molar refractivity (Wildman–Crippen MR) is 69.4 cm³/mol. The van der Waals surface area contributed by atoms with Crippen LogP contribution in [0.4, 0.5) is 0 Å².